The molecule has 0 radical (unpaired) electrons. The minimum absolute atomic E-state index is 0.0191. The molecule has 0 N–H and O–H groups in total. The van der Waals surface area contributed by atoms with Crippen LogP contribution in [-0.4, -0.2) is 36.8 Å². The van der Waals surface area contributed by atoms with E-state index in [9.17, 15) is 9.13 Å². The van der Waals surface area contributed by atoms with Gasteiger partial charge in [0.25, 0.3) is 0 Å². The number of nitrogens with zero attached hydrogens (tertiary/aromatic N) is 2. The lowest BCUT2D eigenvalue weighted by Gasteiger charge is -2.37. The summed E-state index contributed by atoms with van der Waals surface area (Å²) in [6.07, 6.45) is 2.03. The fourth-order valence-corrected chi connectivity index (χ4v) is 7.14. The summed E-state index contributed by atoms with van der Waals surface area (Å²) in [5.74, 6) is 1.42. The third-order valence-corrected chi connectivity index (χ3v) is 10.4. The fourth-order valence-electron chi connectivity index (χ4n) is 3.09. The van der Waals surface area contributed by atoms with Gasteiger partial charge < -0.3 is 13.6 Å². The molecule has 8 heteroatoms. The molecule has 156 valence electrons. The molecule has 0 heterocycles. The summed E-state index contributed by atoms with van der Waals surface area (Å²) in [7, 11) is -3.13. The van der Waals surface area contributed by atoms with Gasteiger partial charge in [0.05, 0.1) is 6.07 Å². The Morgan fingerprint density at radius 2 is 1.61 bits per heavy atom. The number of hydrogen-bond acceptors (Lipinski definition) is 5. The normalized spacial score (nSPS) is 13.0. The van der Waals surface area contributed by atoms with E-state index in [1.807, 2.05) is 56.6 Å². The molecule has 0 aliphatic rings. The molecular formula is C20H32N2O4P2. The first-order valence-electron chi connectivity index (χ1n) is 9.34. The molecule has 0 spiro atoms. The Hall–Kier alpha value is -1.21. The predicted molar refractivity (Wildman–Crippen MR) is 116 cm³/mol. The van der Waals surface area contributed by atoms with Gasteiger partial charge in [-0.3, -0.25) is 4.57 Å². The summed E-state index contributed by atoms with van der Waals surface area (Å²) < 4.78 is 37.6. The van der Waals surface area contributed by atoms with Gasteiger partial charge in [0.15, 0.2) is 7.29 Å². The zero-order valence-electron chi connectivity index (χ0n) is 17.7. The van der Waals surface area contributed by atoms with Crippen molar-refractivity contribution in [2.24, 2.45) is 0 Å². The molecule has 6 nitrogen and oxygen atoms in total. The summed E-state index contributed by atoms with van der Waals surface area (Å²) in [4.78, 5) is 0. The Morgan fingerprint density at radius 1 is 1.07 bits per heavy atom. The second-order valence-corrected chi connectivity index (χ2v) is 13.2. The van der Waals surface area contributed by atoms with Crippen LogP contribution in [0.5, 0.6) is 0 Å². The van der Waals surface area contributed by atoms with E-state index in [1.165, 1.54) is 20.0 Å². The first-order chi connectivity index (χ1) is 13.1. The molecule has 1 aromatic carbocycles. The zero-order valence-corrected chi connectivity index (χ0v) is 19.5. The predicted octanol–water partition coefficient (Wildman–Crippen LogP) is 5.95. The highest BCUT2D eigenvalue weighted by molar-refractivity contribution is 7.62. The molecule has 0 aliphatic carbocycles. The van der Waals surface area contributed by atoms with Crippen LogP contribution in [0, 0.1) is 11.3 Å². The van der Waals surface area contributed by atoms with Gasteiger partial charge in [-0.15, -0.1) is 0 Å². The van der Waals surface area contributed by atoms with Crippen LogP contribution in [0.3, 0.4) is 0 Å². The zero-order chi connectivity index (χ0) is 21.4. The second-order valence-electron chi connectivity index (χ2n) is 7.12. The SMILES string of the molecule is COP(=O)(/C=C/c1ccc(CN(CCC#N)P(=O)(C(C)C)C(C)C)cc1)OC. The quantitative estimate of drug-likeness (QED) is 0.407. The van der Waals surface area contributed by atoms with Gasteiger partial charge in [-0.25, -0.2) is 4.67 Å². The molecule has 1 aromatic rings. The largest absolute Gasteiger partial charge is 0.353 e. The Bertz CT molecular complexity index is 762. The van der Waals surface area contributed by atoms with Crippen LogP contribution in [0.25, 0.3) is 6.08 Å². The number of hydrogen-bond donors (Lipinski definition) is 0. The van der Waals surface area contributed by atoms with Crippen LogP contribution >= 0.6 is 14.9 Å². The Labute approximate surface area is 169 Å². The van der Waals surface area contributed by atoms with Crippen molar-refractivity contribution < 1.29 is 18.2 Å². The Balaban J connectivity index is 3.05. The minimum atomic E-state index is -3.19. The highest BCUT2D eigenvalue weighted by Crippen LogP contribution is 2.58. The smallest absolute Gasteiger partial charge is 0.309 e. The van der Waals surface area contributed by atoms with Crippen LogP contribution in [0.1, 0.15) is 45.2 Å². The van der Waals surface area contributed by atoms with Crippen LogP contribution in [0.4, 0.5) is 0 Å². The third-order valence-electron chi connectivity index (χ3n) is 4.71. The van der Waals surface area contributed by atoms with E-state index in [4.69, 9.17) is 14.3 Å². The lowest BCUT2D eigenvalue weighted by molar-refractivity contribution is 0.286. The molecule has 1 rings (SSSR count). The monoisotopic (exact) mass is 426 g/mol. The van der Waals surface area contributed by atoms with Gasteiger partial charge in [0.1, 0.15) is 0 Å². The Morgan fingerprint density at radius 3 is 2.04 bits per heavy atom. The van der Waals surface area contributed by atoms with E-state index in [0.29, 0.717) is 19.5 Å². The van der Waals surface area contributed by atoms with Crippen LogP contribution in [-0.2, 0) is 24.7 Å². The van der Waals surface area contributed by atoms with Gasteiger partial charge in [-0.05, 0) is 17.2 Å². The maximum Gasteiger partial charge on any atom is 0.353 e. The number of rotatable bonds is 11. The van der Waals surface area contributed by atoms with Gasteiger partial charge in [-0.1, -0.05) is 52.0 Å². The van der Waals surface area contributed by atoms with Crippen molar-refractivity contribution in [3.05, 3.63) is 41.2 Å². The maximum atomic E-state index is 13.7. The average molecular weight is 426 g/mol. The van der Waals surface area contributed by atoms with Crippen molar-refractivity contribution in [1.82, 2.24) is 4.67 Å². The van der Waals surface area contributed by atoms with E-state index in [0.717, 1.165) is 11.1 Å². The van der Waals surface area contributed by atoms with Gasteiger partial charge in [0.2, 0.25) is 0 Å². The lowest BCUT2D eigenvalue weighted by atomic mass is 10.1. The minimum Gasteiger partial charge on any atom is -0.309 e. The molecule has 0 bridgehead atoms. The summed E-state index contributed by atoms with van der Waals surface area (Å²) in [5, 5.41) is 9.01. The molecule has 0 atom stereocenters. The summed E-state index contributed by atoms with van der Waals surface area (Å²) in [5.41, 5.74) is 1.91. The average Bonchev–Trinajstić information content (AvgIpc) is 2.69. The van der Waals surface area contributed by atoms with Crippen molar-refractivity contribution in [2.75, 3.05) is 20.8 Å². The topological polar surface area (TPSA) is 79.6 Å². The number of nitriles is 1. The molecule has 0 aliphatic heterocycles. The summed E-state index contributed by atoms with van der Waals surface area (Å²) in [6, 6.07) is 9.87. The lowest BCUT2D eigenvalue weighted by Crippen LogP contribution is -2.29. The van der Waals surface area contributed by atoms with E-state index >= 15 is 0 Å². The van der Waals surface area contributed by atoms with E-state index in [2.05, 4.69) is 6.07 Å². The van der Waals surface area contributed by atoms with E-state index < -0.39 is 14.9 Å². The Kier molecular flexibility index (Phi) is 9.84. The molecular weight excluding hydrogens is 394 g/mol. The molecule has 0 saturated heterocycles. The van der Waals surface area contributed by atoms with Crippen molar-refractivity contribution >= 4 is 21.0 Å². The maximum absolute atomic E-state index is 13.7. The molecule has 0 unspecified atom stereocenters. The van der Waals surface area contributed by atoms with Crippen molar-refractivity contribution in [1.29, 1.82) is 5.26 Å². The second kappa shape index (κ2) is 11.1. The van der Waals surface area contributed by atoms with Crippen LogP contribution < -0.4 is 0 Å². The van der Waals surface area contributed by atoms with Gasteiger partial charge in [0, 0.05) is 50.9 Å². The first kappa shape index (κ1) is 24.8. The molecule has 0 aromatic heterocycles. The highest BCUT2D eigenvalue weighted by Gasteiger charge is 2.36. The van der Waals surface area contributed by atoms with Crippen molar-refractivity contribution in [3.63, 3.8) is 0 Å². The van der Waals surface area contributed by atoms with Crippen LogP contribution in [0.15, 0.2) is 30.1 Å². The van der Waals surface area contributed by atoms with Crippen LogP contribution in [0.2, 0.25) is 0 Å². The van der Waals surface area contributed by atoms with E-state index in [-0.39, 0.29) is 11.3 Å². The van der Waals surface area contributed by atoms with Gasteiger partial charge >= 0.3 is 7.60 Å². The highest BCUT2D eigenvalue weighted by atomic mass is 31.2. The molecule has 0 fully saturated rings. The third kappa shape index (κ3) is 6.41. The molecule has 0 amide bonds. The first-order valence-corrected chi connectivity index (χ1v) is 12.7. The summed E-state index contributed by atoms with van der Waals surface area (Å²) >= 11 is 0. The van der Waals surface area contributed by atoms with Gasteiger partial charge in [-0.2, -0.15) is 5.26 Å². The van der Waals surface area contributed by atoms with E-state index in [1.54, 1.807) is 6.08 Å². The van der Waals surface area contributed by atoms with Crippen molar-refractivity contribution in [2.45, 2.75) is 52.0 Å². The van der Waals surface area contributed by atoms with Crippen molar-refractivity contribution in [3.8, 4) is 6.07 Å². The standard InChI is InChI=1S/C20H32N2O4P2/c1-17(2)28(24,18(3)4)22(14-7-13-21)16-20-10-8-19(9-11-20)12-15-27(23,25-5)26-6/h8-12,15,17-18H,7,14,16H2,1-6H3/b15-12+. The fraction of sp³-hybridized carbons (Fsp3) is 0.550. The molecule has 0 saturated carbocycles. The number of benzene rings is 1. The molecule has 28 heavy (non-hydrogen) atoms. The summed E-state index contributed by atoms with van der Waals surface area (Å²) in [6.45, 7) is 8.94.